The number of hydrogen-bond acceptors (Lipinski definition) is 5. The average Bonchev–Trinajstić information content (AvgIpc) is 3.63. The molecule has 3 fully saturated rings. The molecule has 2 aromatic rings. The van der Waals surface area contributed by atoms with Gasteiger partial charge in [0.1, 0.15) is 11.0 Å². The maximum absolute atomic E-state index is 14.0. The van der Waals surface area contributed by atoms with Gasteiger partial charge >= 0.3 is 5.97 Å². The number of carboxylic acids is 1. The van der Waals surface area contributed by atoms with Crippen LogP contribution in [0.1, 0.15) is 85.7 Å². The van der Waals surface area contributed by atoms with Crippen LogP contribution in [0, 0.1) is 29.6 Å². The fraction of sp³-hybridized carbons (Fsp3) is 0.552. The fourth-order valence-electron chi connectivity index (χ4n) is 5.38. The molecule has 6 nitrogen and oxygen atoms in total. The van der Waals surface area contributed by atoms with Gasteiger partial charge in [0.25, 0.3) is 0 Å². The standard InChI is InChI=1S/C29H34N2O4S/c1-19-5-10-21(11-6-19)28(32)31(22-12-14-23(15-13-22)35-26-4-2-3-17-30-26)25-18-24(16-9-20-7-8-20)36-27(25)29(33)34/h2-4,17-23H,5-8,10-15H2,1H3,(H,33,34). The Morgan fingerprint density at radius 2 is 1.81 bits per heavy atom. The van der Waals surface area contributed by atoms with Gasteiger partial charge in [-0.05, 0) is 82.3 Å². The van der Waals surface area contributed by atoms with E-state index in [-0.39, 0.29) is 28.8 Å². The van der Waals surface area contributed by atoms with Crippen molar-refractivity contribution in [2.75, 3.05) is 4.90 Å². The van der Waals surface area contributed by atoms with Crippen LogP contribution >= 0.6 is 11.3 Å². The average molecular weight is 507 g/mol. The van der Waals surface area contributed by atoms with Crippen LogP contribution in [-0.2, 0) is 4.79 Å². The van der Waals surface area contributed by atoms with E-state index in [1.165, 1.54) is 11.3 Å². The first-order chi connectivity index (χ1) is 17.5. The van der Waals surface area contributed by atoms with Crippen molar-refractivity contribution in [2.45, 2.75) is 83.3 Å². The molecule has 1 amide bonds. The molecule has 3 aliphatic rings. The van der Waals surface area contributed by atoms with Gasteiger partial charge in [-0.1, -0.05) is 24.8 Å². The number of aromatic carboxylic acids is 1. The molecule has 3 aliphatic carbocycles. The highest BCUT2D eigenvalue weighted by Gasteiger charge is 2.38. The zero-order valence-electron chi connectivity index (χ0n) is 20.8. The molecule has 0 aliphatic heterocycles. The number of carbonyl (C=O) groups excluding carboxylic acids is 1. The number of thiophene rings is 1. The SMILES string of the molecule is CC1CCC(C(=O)N(c2cc(C#CC3CC3)sc2C(=O)O)C2CCC(Oc3ccccn3)CC2)CC1. The lowest BCUT2D eigenvalue weighted by molar-refractivity contribution is -0.124. The third-order valence-electron chi connectivity index (χ3n) is 7.68. The van der Waals surface area contributed by atoms with Gasteiger partial charge in [-0.15, -0.1) is 11.3 Å². The van der Waals surface area contributed by atoms with Crippen molar-refractivity contribution in [1.29, 1.82) is 0 Å². The van der Waals surface area contributed by atoms with E-state index in [0.717, 1.165) is 69.1 Å². The predicted molar refractivity (Wildman–Crippen MR) is 140 cm³/mol. The summed E-state index contributed by atoms with van der Waals surface area (Å²) in [6.45, 7) is 2.24. The van der Waals surface area contributed by atoms with Gasteiger partial charge in [0, 0.05) is 30.1 Å². The second kappa shape index (κ2) is 11.0. The zero-order chi connectivity index (χ0) is 25.1. The molecule has 0 bridgehead atoms. The molecule has 5 rings (SSSR count). The first-order valence-electron chi connectivity index (χ1n) is 13.3. The van der Waals surface area contributed by atoms with Gasteiger partial charge in [0.15, 0.2) is 0 Å². The van der Waals surface area contributed by atoms with Crippen molar-refractivity contribution >= 4 is 28.9 Å². The van der Waals surface area contributed by atoms with Gasteiger partial charge < -0.3 is 14.7 Å². The Morgan fingerprint density at radius 3 is 2.44 bits per heavy atom. The molecule has 0 radical (unpaired) electrons. The highest BCUT2D eigenvalue weighted by molar-refractivity contribution is 7.15. The molecule has 2 aromatic heterocycles. The highest BCUT2D eigenvalue weighted by Crippen LogP contribution is 2.39. The van der Waals surface area contributed by atoms with Crippen molar-refractivity contribution in [1.82, 2.24) is 4.98 Å². The Balaban J connectivity index is 1.39. The number of pyridine rings is 1. The summed E-state index contributed by atoms with van der Waals surface area (Å²) >= 11 is 1.20. The molecule has 0 aromatic carbocycles. The van der Waals surface area contributed by atoms with E-state index in [4.69, 9.17) is 4.74 Å². The number of nitrogens with zero attached hydrogens (tertiary/aromatic N) is 2. The lowest BCUT2D eigenvalue weighted by atomic mass is 9.81. The van der Waals surface area contributed by atoms with Gasteiger partial charge in [-0.2, -0.15) is 0 Å². The molecule has 0 spiro atoms. The summed E-state index contributed by atoms with van der Waals surface area (Å²) < 4.78 is 6.08. The molecule has 36 heavy (non-hydrogen) atoms. The lowest BCUT2D eigenvalue weighted by Gasteiger charge is -2.39. The number of aromatic nitrogens is 1. The number of rotatable bonds is 6. The second-order valence-corrected chi connectivity index (χ2v) is 11.6. The Kier molecular flexibility index (Phi) is 7.62. The first-order valence-corrected chi connectivity index (χ1v) is 14.1. The molecule has 0 saturated heterocycles. The maximum Gasteiger partial charge on any atom is 0.348 e. The van der Waals surface area contributed by atoms with E-state index in [0.29, 0.717) is 23.4 Å². The zero-order valence-corrected chi connectivity index (χ0v) is 21.6. The first kappa shape index (κ1) is 24.8. The van der Waals surface area contributed by atoms with Crippen LogP contribution < -0.4 is 9.64 Å². The number of carbonyl (C=O) groups is 2. The van der Waals surface area contributed by atoms with Gasteiger partial charge in [-0.25, -0.2) is 9.78 Å². The normalized spacial score (nSPS) is 25.9. The van der Waals surface area contributed by atoms with E-state index < -0.39 is 5.97 Å². The van der Waals surface area contributed by atoms with E-state index in [2.05, 4.69) is 23.7 Å². The van der Waals surface area contributed by atoms with Crippen molar-refractivity contribution in [3.05, 3.63) is 40.2 Å². The minimum atomic E-state index is -0.989. The summed E-state index contributed by atoms with van der Waals surface area (Å²) in [5.41, 5.74) is 0.533. The molecular weight excluding hydrogens is 472 g/mol. The quantitative estimate of drug-likeness (QED) is 0.475. The number of carboxylic acid groups (broad SMARTS) is 1. The molecule has 7 heteroatoms. The number of ether oxygens (including phenoxy) is 1. The number of anilines is 1. The van der Waals surface area contributed by atoms with Crippen molar-refractivity contribution in [3.63, 3.8) is 0 Å². The summed E-state index contributed by atoms with van der Waals surface area (Å²) in [6.07, 6.45) is 11.0. The lowest BCUT2D eigenvalue weighted by Crippen LogP contribution is -2.47. The number of amides is 1. The summed E-state index contributed by atoms with van der Waals surface area (Å²) in [7, 11) is 0. The molecule has 190 valence electrons. The van der Waals surface area contributed by atoms with E-state index >= 15 is 0 Å². The summed E-state index contributed by atoms with van der Waals surface area (Å²) in [6, 6.07) is 7.44. The molecule has 0 atom stereocenters. The monoisotopic (exact) mass is 506 g/mol. The Hall–Kier alpha value is -2.85. The topological polar surface area (TPSA) is 79.7 Å². The third-order valence-corrected chi connectivity index (χ3v) is 8.71. The summed E-state index contributed by atoms with van der Waals surface area (Å²) in [5.74, 6) is 7.15. The Morgan fingerprint density at radius 1 is 1.06 bits per heavy atom. The van der Waals surface area contributed by atoms with Crippen LogP contribution in [0.3, 0.4) is 0 Å². The largest absolute Gasteiger partial charge is 0.477 e. The molecular formula is C29H34N2O4S. The summed E-state index contributed by atoms with van der Waals surface area (Å²) in [5, 5.41) is 10.0. The highest BCUT2D eigenvalue weighted by atomic mass is 32.1. The van der Waals surface area contributed by atoms with Gasteiger partial charge in [0.05, 0.1) is 10.6 Å². The summed E-state index contributed by atoms with van der Waals surface area (Å²) in [4.78, 5) is 33.3. The Labute approximate surface area is 217 Å². The molecule has 1 N–H and O–H groups in total. The third kappa shape index (κ3) is 5.92. The van der Waals surface area contributed by atoms with Crippen molar-refractivity contribution < 1.29 is 19.4 Å². The van der Waals surface area contributed by atoms with Crippen LogP contribution in [0.5, 0.6) is 5.88 Å². The van der Waals surface area contributed by atoms with Crippen LogP contribution in [0.4, 0.5) is 5.69 Å². The Bertz CT molecular complexity index is 1130. The fourth-order valence-corrected chi connectivity index (χ4v) is 6.23. The molecule has 3 saturated carbocycles. The van der Waals surface area contributed by atoms with Crippen molar-refractivity contribution in [2.24, 2.45) is 17.8 Å². The van der Waals surface area contributed by atoms with E-state index in [1.807, 2.05) is 29.2 Å². The van der Waals surface area contributed by atoms with E-state index in [1.54, 1.807) is 6.20 Å². The smallest absolute Gasteiger partial charge is 0.348 e. The van der Waals surface area contributed by atoms with E-state index in [9.17, 15) is 14.7 Å². The second-order valence-electron chi connectivity index (χ2n) is 10.6. The number of hydrogen-bond donors (Lipinski definition) is 1. The van der Waals surface area contributed by atoms with Gasteiger partial charge in [0.2, 0.25) is 11.8 Å². The maximum atomic E-state index is 14.0. The van der Waals surface area contributed by atoms with Gasteiger partial charge in [-0.3, -0.25) is 4.79 Å². The van der Waals surface area contributed by atoms with Crippen LogP contribution in [-0.4, -0.2) is 34.1 Å². The van der Waals surface area contributed by atoms with Crippen LogP contribution in [0.15, 0.2) is 30.5 Å². The molecule has 2 heterocycles. The minimum Gasteiger partial charge on any atom is -0.477 e. The van der Waals surface area contributed by atoms with Crippen molar-refractivity contribution in [3.8, 4) is 17.7 Å². The van der Waals surface area contributed by atoms with Crippen LogP contribution in [0.25, 0.3) is 0 Å². The minimum absolute atomic E-state index is 0.0441. The molecule has 0 unspecified atom stereocenters. The van der Waals surface area contributed by atoms with Crippen LogP contribution in [0.2, 0.25) is 0 Å². The predicted octanol–water partition coefficient (Wildman–Crippen LogP) is 6.15.